The van der Waals surface area contributed by atoms with Crippen molar-refractivity contribution in [3.05, 3.63) is 65.2 Å². The maximum absolute atomic E-state index is 12.3. The SMILES string of the molecule is COc1ccccc1/C=C/C(=O)c1ccc(OC)c(CC(=O)O)c1. The van der Waals surface area contributed by atoms with Crippen molar-refractivity contribution < 1.29 is 24.2 Å². The Bertz CT molecular complexity index is 777. The van der Waals surface area contributed by atoms with Crippen LogP contribution in [0.25, 0.3) is 6.08 Å². The zero-order valence-electron chi connectivity index (χ0n) is 13.5. The molecular weight excluding hydrogens is 308 g/mol. The van der Waals surface area contributed by atoms with Crippen LogP contribution < -0.4 is 9.47 Å². The van der Waals surface area contributed by atoms with E-state index >= 15 is 0 Å². The topological polar surface area (TPSA) is 72.8 Å². The Balaban J connectivity index is 2.26. The normalized spacial score (nSPS) is 10.6. The van der Waals surface area contributed by atoms with Crippen molar-refractivity contribution in [2.45, 2.75) is 6.42 Å². The van der Waals surface area contributed by atoms with Crippen molar-refractivity contribution in [2.24, 2.45) is 0 Å². The van der Waals surface area contributed by atoms with Crippen LogP contribution in [-0.2, 0) is 11.2 Å². The Labute approximate surface area is 140 Å². The van der Waals surface area contributed by atoms with Crippen LogP contribution in [0.15, 0.2) is 48.5 Å². The number of carboxylic acids is 1. The van der Waals surface area contributed by atoms with Gasteiger partial charge in [-0.1, -0.05) is 18.2 Å². The highest BCUT2D eigenvalue weighted by molar-refractivity contribution is 6.07. The standard InChI is InChI=1S/C19H18O5/c1-23-17-6-4-3-5-13(17)7-9-16(20)14-8-10-18(24-2)15(11-14)12-19(21)22/h3-11H,12H2,1-2H3,(H,21,22)/b9-7+. The summed E-state index contributed by atoms with van der Waals surface area (Å²) in [5, 5.41) is 8.96. The predicted molar refractivity (Wildman–Crippen MR) is 90.7 cm³/mol. The predicted octanol–water partition coefficient (Wildman–Crippen LogP) is 3.23. The molecule has 1 N–H and O–H groups in total. The van der Waals surface area contributed by atoms with Crippen LogP contribution >= 0.6 is 0 Å². The van der Waals surface area contributed by atoms with Gasteiger partial charge in [-0.05, 0) is 36.4 Å². The number of carbonyl (C=O) groups excluding carboxylic acids is 1. The van der Waals surface area contributed by atoms with E-state index in [1.54, 1.807) is 31.4 Å². The molecule has 0 spiro atoms. The van der Waals surface area contributed by atoms with E-state index in [9.17, 15) is 9.59 Å². The van der Waals surface area contributed by atoms with Gasteiger partial charge in [0.05, 0.1) is 20.6 Å². The minimum atomic E-state index is -0.984. The summed E-state index contributed by atoms with van der Waals surface area (Å²) in [5.41, 5.74) is 1.65. The second kappa shape index (κ2) is 7.97. The lowest BCUT2D eigenvalue weighted by Crippen LogP contribution is -2.04. The molecule has 0 saturated carbocycles. The molecule has 0 heterocycles. The molecule has 0 fully saturated rings. The molecule has 2 aromatic rings. The van der Waals surface area contributed by atoms with Crippen molar-refractivity contribution in [3.63, 3.8) is 0 Å². The lowest BCUT2D eigenvalue weighted by atomic mass is 10.0. The van der Waals surface area contributed by atoms with Crippen LogP contribution in [0.1, 0.15) is 21.5 Å². The van der Waals surface area contributed by atoms with Gasteiger partial charge in [0, 0.05) is 16.7 Å². The summed E-state index contributed by atoms with van der Waals surface area (Å²) >= 11 is 0. The van der Waals surface area contributed by atoms with E-state index in [0.29, 0.717) is 22.6 Å². The number of ketones is 1. The third kappa shape index (κ3) is 4.23. The Morgan fingerprint density at radius 3 is 2.42 bits per heavy atom. The van der Waals surface area contributed by atoms with Crippen LogP contribution in [0.4, 0.5) is 0 Å². The summed E-state index contributed by atoms with van der Waals surface area (Å²) in [6, 6.07) is 12.1. The van der Waals surface area contributed by atoms with Gasteiger partial charge in [0.25, 0.3) is 0 Å². The van der Waals surface area contributed by atoms with Crippen molar-refractivity contribution in [2.75, 3.05) is 14.2 Å². The van der Waals surface area contributed by atoms with Crippen LogP contribution in [0.3, 0.4) is 0 Å². The van der Waals surface area contributed by atoms with Gasteiger partial charge in [0.15, 0.2) is 5.78 Å². The fourth-order valence-electron chi connectivity index (χ4n) is 2.30. The van der Waals surface area contributed by atoms with Gasteiger partial charge in [0.1, 0.15) is 11.5 Å². The number of ether oxygens (including phenoxy) is 2. The second-order valence-corrected chi connectivity index (χ2v) is 5.04. The average molecular weight is 326 g/mol. The van der Waals surface area contributed by atoms with Crippen molar-refractivity contribution in [1.29, 1.82) is 0 Å². The Hall–Kier alpha value is -3.08. The quantitative estimate of drug-likeness (QED) is 0.625. The number of aliphatic carboxylic acids is 1. The molecule has 0 aliphatic carbocycles. The number of allylic oxidation sites excluding steroid dienone is 1. The van der Waals surface area contributed by atoms with E-state index in [1.807, 2.05) is 24.3 Å². The van der Waals surface area contributed by atoms with E-state index in [2.05, 4.69) is 0 Å². The molecule has 0 bridgehead atoms. The molecule has 0 aromatic heterocycles. The largest absolute Gasteiger partial charge is 0.496 e. The fourth-order valence-corrected chi connectivity index (χ4v) is 2.30. The number of carbonyl (C=O) groups is 2. The number of benzene rings is 2. The molecule has 2 rings (SSSR count). The van der Waals surface area contributed by atoms with E-state index < -0.39 is 5.97 Å². The Morgan fingerprint density at radius 1 is 1.04 bits per heavy atom. The smallest absolute Gasteiger partial charge is 0.307 e. The Morgan fingerprint density at radius 2 is 1.75 bits per heavy atom. The summed E-state index contributed by atoms with van der Waals surface area (Å²) in [4.78, 5) is 23.3. The molecule has 24 heavy (non-hydrogen) atoms. The summed E-state index contributed by atoms with van der Waals surface area (Å²) in [5.74, 6) is -0.0943. The summed E-state index contributed by atoms with van der Waals surface area (Å²) < 4.78 is 10.4. The zero-order valence-corrected chi connectivity index (χ0v) is 13.5. The van der Waals surface area contributed by atoms with Crippen LogP contribution in [0.2, 0.25) is 0 Å². The monoisotopic (exact) mass is 326 g/mol. The summed E-state index contributed by atoms with van der Waals surface area (Å²) in [7, 11) is 3.03. The lowest BCUT2D eigenvalue weighted by molar-refractivity contribution is -0.136. The van der Waals surface area contributed by atoms with Crippen molar-refractivity contribution in [1.82, 2.24) is 0 Å². The van der Waals surface area contributed by atoms with E-state index in [1.165, 1.54) is 13.2 Å². The van der Waals surface area contributed by atoms with Gasteiger partial charge < -0.3 is 14.6 Å². The number of para-hydroxylation sites is 1. The highest BCUT2D eigenvalue weighted by Crippen LogP contribution is 2.22. The maximum Gasteiger partial charge on any atom is 0.307 e. The first kappa shape index (κ1) is 17.3. The first-order valence-electron chi connectivity index (χ1n) is 7.29. The van der Waals surface area contributed by atoms with Gasteiger partial charge in [-0.25, -0.2) is 0 Å². The fraction of sp³-hybridized carbons (Fsp3) is 0.158. The molecule has 5 nitrogen and oxygen atoms in total. The zero-order chi connectivity index (χ0) is 17.5. The van der Waals surface area contributed by atoms with Gasteiger partial charge in [0.2, 0.25) is 0 Å². The minimum absolute atomic E-state index is 0.208. The molecule has 0 amide bonds. The molecule has 5 heteroatoms. The molecule has 0 radical (unpaired) electrons. The summed E-state index contributed by atoms with van der Waals surface area (Å²) in [6.45, 7) is 0. The summed E-state index contributed by atoms with van der Waals surface area (Å²) in [6.07, 6.45) is 2.90. The number of hydrogen-bond acceptors (Lipinski definition) is 4. The van der Waals surface area contributed by atoms with Crippen LogP contribution in [0, 0.1) is 0 Å². The molecule has 0 aliphatic heterocycles. The highest BCUT2D eigenvalue weighted by atomic mass is 16.5. The van der Waals surface area contributed by atoms with Crippen molar-refractivity contribution in [3.8, 4) is 11.5 Å². The van der Waals surface area contributed by atoms with Crippen LogP contribution in [0.5, 0.6) is 11.5 Å². The molecular formula is C19H18O5. The average Bonchev–Trinajstić information content (AvgIpc) is 2.59. The second-order valence-electron chi connectivity index (χ2n) is 5.04. The van der Waals surface area contributed by atoms with Gasteiger partial charge in [-0.2, -0.15) is 0 Å². The van der Waals surface area contributed by atoms with Crippen molar-refractivity contribution >= 4 is 17.8 Å². The Kier molecular flexibility index (Phi) is 5.73. The molecule has 0 atom stereocenters. The van der Waals surface area contributed by atoms with Gasteiger partial charge in [-0.3, -0.25) is 9.59 Å². The first-order chi connectivity index (χ1) is 11.5. The van der Waals surface area contributed by atoms with E-state index in [-0.39, 0.29) is 12.2 Å². The van der Waals surface area contributed by atoms with Gasteiger partial charge >= 0.3 is 5.97 Å². The number of carboxylic acid groups (broad SMARTS) is 1. The molecule has 124 valence electrons. The molecule has 0 unspecified atom stereocenters. The maximum atomic E-state index is 12.3. The highest BCUT2D eigenvalue weighted by Gasteiger charge is 2.11. The molecule has 2 aromatic carbocycles. The number of methoxy groups -OCH3 is 2. The van der Waals surface area contributed by atoms with Gasteiger partial charge in [-0.15, -0.1) is 0 Å². The van der Waals surface area contributed by atoms with Crippen LogP contribution in [-0.4, -0.2) is 31.1 Å². The van der Waals surface area contributed by atoms with E-state index in [0.717, 1.165) is 5.56 Å². The third-order valence-electron chi connectivity index (χ3n) is 3.46. The first-order valence-corrected chi connectivity index (χ1v) is 7.29. The number of rotatable bonds is 7. The lowest BCUT2D eigenvalue weighted by Gasteiger charge is -2.08. The minimum Gasteiger partial charge on any atom is -0.496 e. The van der Waals surface area contributed by atoms with E-state index in [4.69, 9.17) is 14.6 Å². The number of hydrogen-bond donors (Lipinski definition) is 1. The third-order valence-corrected chi connectivity index (χ3v) is 3.46. The molecule has 0 aliphatic rings. The molecule has 0 saturated heterocycles.